The smallest absolute Gasteiger partial charge is 0.233 e. The monoisotopic (exact) mass is 251 g/mol. The summed E-state index contributed by atoms with van der Waals surface area (Å²) in [6.45, 7) is 0.192. The quantitative estimate of drug-likeness (QED) is 0.412. The topological polar surface area (TPSA) is 55.8 Å². The average Bonchev–Trinajstić information content (AvgIpc) is 3.03. The number of amides is 2. The summed E-state index contributed by atoms with van der Waals surface area (Å²) >= 11 is 0. The van der Waals surface area contributed by atoms with Gasteiger partial charge < -0.3 is 9.47 Å². The van der Waals surface area contributed by atoms with Crippen molar-refractivity contribution in [3.05, 3.63) is 12.2 Å². The Morgan fingerprint density at radius 2 is 1.67 bits per heavy atom. The van der Waals surface area contributed by atoms with E-state index in [4.69, 9.17) is 9.47 Å². The van der Waals surface area contributed by atoms with Gasteiger partial charge >= 0.3 is 0 Å². The summed E-state index contributed by atoms with van der Waals surface area (Å²) < 4.78 is 10.1. The molecule has 0 unspecified atom stereocenters. The summed E-state index contributed by atoms with van der Waals surface area (Å²) in [5, 5.41) is 0. The van der Waals surface area contributed by atoms with Crippen LogP contribution in [0, 0.1) is 23.7 Å². The highest BCUT2D eigenvalue weighted by Gasteiger charge is 2.59. The predicted molar refractivity (Wildman–Crippen MR) is 62.2 cm³/mol. The zero-order valence-corrected chi connectivity index (χ0v) is 10.5. The summed E-state index contributed by atoms with van der Waals surface area (Å²) in [6.07, 6.45) is 4.59. The summed E-state index contributed by atoms with van der Waals surface area (Å²) in [6, 6.07) is 0. The number of carbonyl (C=O) groups is 2. The van der Waals surface area contributed by atoms with Crippen molar-refractivity contribution in [3.8, 4) is 0 Å². The molecule has 2 amide bonds. The molecule has 1 saturated carbocycles. The molecule has 3 rings (SSSR count). The van der Waals surface area contributed by atoms with E-state index >= 15 is 0 Å². The number of rotatable bonds is 4. The predicted octanol–water partition coefficient (Wildman–Crippen LogP) is 0.412. The fourth-order valence-corrected chi connectivity index (χ4v) is 3.54. The van der Waals surface area contributed by atoms with E-state index in [1.165, 1.54) is 19.1 Å². The van der Waals surface area contributed by atoms with Crippen LogP contribution in [-0.2, 0) is 19.1 Å². The van der Waals surface area contributed by atoms with Gasteiger partial charge in [-0.3, -0.25) is 14.5 Å². The number of hydrogen-bond donors (Lipinski definition) is 0. The van der Waals surface area contributed by atoms with Gasteiger partial charge in [-0.2, -0.15) is 0 Å². The highest BCUT2D eigenvalue weighted by Crippen LogP contribution is 2.52. The first-order chi connectivity index (χ1) is 8.67. The fraction of sp³-hybridized carbons (Fsp3) is 0.692. The van der Waals surface area contributed by atoms with Crippen molar-refractivity contribution in [2.45, 2.75) is 12.7 Å². The van der Waals surface area contributed by atoms with Crippen molar-refractivity contribution >= 4 is 11.8 Å². The summed E-state index contributed by atoms with van der Waals surface area (Å²) in [4.78, 5) is 25.9. The van der Waals surface area contributed by atoms with E-state index in [0.29, 0.717) is 0 Å². The van der Waals surface area contributed by atoms with Crippen molar-refractivity contribution in [1.29, 1.82) is 0 Å². The number of methoxy groups -OCH3 is 2. The third-order valence-corrected chi connectivity index (χ3v) is 4.42. The van der Waals surface area contributed by atoms with Crippen LogP contribution in [0.15, 0.2) is 12.2 Å². The van der Waals surface area contributed by atoms with E-state index < -0.39 is 6.29 Å². The maximum Gasteiger partial charge on any atom is 0.233 e. The summed E-state index contributed by atoms with van der Waals surface area (Å²) in [7, 11) is 3.01. The number of fused-ring (bicyclic) bond motifs is 5. The summed E-state index contributed by atoms with van der Waals surface area (Å²) in [5.41, 5.74) is 0. The Morgan fingerprint density at radius 1 is 1.17 bits per heavy atom. The Kier molecular flexibility index (Phi) is 2.75. The van der Waals surface area contributed by atoms with E-state index in [1.807, 2.05) is 0 Å². The molecule has 2 fully saturated rings. The van der Waals surface area contributed by atoms with Crippen molar-refractivity contribution in [2.24, 2.45) is 23.7 Å². The van der Waals surface area contributed by atoms with Gasteiger partial charge in [0.1, 0.15) is 0 Å². The third-order valence-electron chi connectivity index (χ3n) is 4.42. The number of imide groups is 1. The van der Waals surface area contributed by atoms with Gasteiger partial charge in [-0.15, -0.1) is 0 Å². The van der Waals surface area contributed by atoms with Crippen LogP contribution in [0.5, 0.6) is 0 Å². The SMILES string of the molecule is COC(CN1C(=O)[C@@H]2[C@@H](C1=O)[C@H]1C=C[C@@H]2C1)OC. The van der Waals surface area contributed by atoms with Crippen molar-refractivity contribution in [3.63, 3.8) is 0 Å². The minimum Gasteiger partial charge on any atom is -0.354 e. The van der Waals surface area contributed by atoms with E-state index in [1.54, 1.807) is 0 Å². The molecule has 0 N–H and O–H groups in total. The molecule has 5 nitrogen and oxygen atoms in total. The lowest BCUT2D eigenvalue weighted by Gasteiger charge is -2.21. The van der Waals surface area contributed by atoms with Crippen LogP contribution in [0.1, 0.15) is 6.42 Å². The lowest BCUT2D eigenvalue weighted by Crippen LogP contribution is -2.40. The number of ether oxygens (including phenoxy) is 2. The standard InChI is InChI=1S/C13H17NO4/c1-17-9(18-2)6-14-12(15)10-7-3-4-8(5-7)11(10)13(14)16/h3-4,7-11H,5-6H2,1-2H3/t7-,8+,10-,11-/m0/s1. The second-order valence-corrected chi connectivity index (χ2v) is 5.19. The first-order valence-electron chi connectivity index (χ1n) is 6.26. The molecule has 0 radical (unpaired) electrons. The molecule has 4 atom stereocenters. The van der Waals surface area contributed by atoms with Gasteiger partial charge in [0.2, 0.25) is 11.8 Å². The zero-order chi connectivity index (χ0) is 12.9. The number of likely N-dealkylation sites (tertiary alicyclic amines) is 1. The lowest BCUT2D eigenvalue weighted by atomic mass is 9.85. The molecule has 18 heavy (non-hydrogen) atoms. The molecule has 5 heteroatoms. The van der Waals surface area contributed by atoms with Crippen molar-refractivity contribution in [1.82, 2.24) is 4.90 Å². The normalized spacial score (nSPS) is 37.2. The Bertz CT molecular complexity index is 385. The molecule has 1 saturated heterocycles. The maximum atomic E-state index is 12.3. The lowest BCUT2D eigenvalue weighted by molar-refractivity contribution is -0.153. The Morgan fingerprint density at radius 3 is 2.11 bits per heavy atom. The molecule has 1 heterocycles. The third kappa shape index (κ3) is 1.47. The van der Waals surface area contributed by atoms with Crippen LogP contribution in [0.25, 0.3) is 0 Å². The largest absolute Gasteiger partial charge is 0.354 e. The molecule has 2 aliphatic carbocycles. The van der Waals surface area contributed by atoms with Gasteiger partial charge in [0, 0.05) is 14.2 Å². The highest BCUT2D eigenvalue weighted by atomic mass is 16.7. The van der Waals surface area contributed by atoms with Crippen molar-refractivity contribution < 1.29 is 19.1 Å². The molecule has 0 aromatic carbocycles. The van der Waals surface area contributed by atoms with Gasteiger partial charge in [0.15, 0.2) is 6.29 Å². The van der Waals surface area contributed by atoms with Crippen molar-refractivity contribution in [2.75, 3.05) is 20.8 Å². The van der Waals surface area contributed by atoms with Crippen LogP contribution >= 0.6 is 0 Å². The van der Waals surface area contributed by atoms with E-state index in [9.17, 15) is 9.59 Å². The van der Waals surface area contributed by atoms with Gasteiger partial charge in [-0.1, -0.05) is 12.2 Å². The molecular formula is C13H17NO4. The number of nitrogens with zero attached hydrogens (tertiary/aromatic N) is 1. The van der Waals surface area contributed by atoms with Crippen LogP contribution in [0.3, 0.4) is 0 Å². The van der Waals surface area contributed by atoms with Crippen LogP contribution < -0.4 is 0 Å². The number of allylic oxidation sites excluding steroid dienone is 2. The molecule has 0 aromatic rings. The molecule has 2 bridgehead atoms. The maximum absolute atomic E-state index is 12.3. The Hall–Kier alpha value is -1.20. The van der Waals surface area contributed by atoms with Crippen LogP contribution in [-0.4, -0.2) is 43.8 Å². The van der Waals surface area contributed by atoms with Gasteiger partial charge in [0.05, 0.1) is 18.4 Å². The molecular weight excluding hydrogens is 234 g/mol. The Balaban J connectivity index is 1.79. The van der Waals surface area contributed by atoms with Gasteiger partial charge in [-0.05, 0) is 18.3 Å². The molecule has 0 spiro atoms. The second-order valence-electron chi connectivity index (χ2n) is 5.19. The Labute approximate surface area is 106 Å². The molecule has 1 aliphatic heterocycles. The van der Waals surface area contributed by atoms with E-state index in [-0.39, 0.29) is 42.0 Å². The number of carbonyl (C=O) groups excluding carboxylic acids is 2. The zero-order valence-electron chi connectivity index (χ0n) is 10.5. The van der Waals surface area contributed by atoms with E-state index in [2.05, 4.69) is 12.2 Å². The first kappa shape index (κ1) is 11.9. The van der Waals surface area contributed by atoms with Crippen LogP contribution in [0.2, 0.25) is 0 Å². The molecule has 3 aliphatic rings. The minimum atomic E-state index is -0.540. The first-order valence-corrected chi connectivity index (χ1v) is 6.26. The van der Waals surface area contributed by atoms with Gasteiger partial charge in [0.25, 0.3) is 0 Å². The second kappa shape index (κ2) is 4.17. The minimum absolute atomic E-state index is 0.0547. The number of hydrogen-bond acceptors (Lipinski definition) is 4. The van der Waals surface area contributed by atoms with Gasteiger partial charge in [-0.25, -0.2) is 0 Å². The fourth-order valence-electron chi connectivity index (χ4n) is 3.54. The average molecular weight is 251 g/mol. The molecule has 98 valence electrons. The van der Waals surface area contributed by atoms with E-state index in [0.717, 1.165) is 6.42 Å². The highest BCUT2D eigenvalue weighted by molar-refractivity contribution is 6.06. The molecule has 0 aromatic heterocycles. The van der Waals surface area contributed by atoms with Crippen LogP contribution in [0.4, 0.5) is 0 Å². The summed E-state index contributed by atoms with van der Waals surface area (Å²) in [5.74, 6) is 0.126.